The second-order valence-corrected chi connectivity index (χ2v) is 2.43. The fraction of sp³-hybridized carbons (Fsp3) is 0.375. The first kappa shape index (κ1) is 8.78. The quantitative estimate of drug-likeness (QED) is 0.691. The normalized spacial score (nSPS) is 12.4. The predicted octanol–water partition coefficient (Wildman–Crippen LogP) is 0.685. The van der Waals surface area contributed by atoms with Gasteiger partial charge >= 0.3 is 0 Å². The lowest BCUT2D eigenvalue weighted by Gasteiger charge is -2.01. The molecule has 1 unspecified atom stereocenters. The highest BCUT2D eigenvalue weighted by Crippen LogP contribution is 2.16. The summed E-state index contributed by atoms with van der Waals surface area (Å²) < 4.78 is 5.12. The molecule has 0 bridgehead atoms. The van der Waals surface area contributed by atoms with Crippen molar-refractivity contribution in [3.8, 4) is 6.07 Å². The van der Waals surface area contributed by atoms with Gasteiger partial charge in [0.2, 0.25) is 0 Å². The minimum atomic E-state index is -0.393. The maximum atomic E-state index is 8.66. The molecule has 0 radical (unpaired) electrons. The molecule has 1 atom stereocenters. The average molecular weight is 166 g/mol. The number of hydrogen-bond donors (Lipinski definition) is 2. The molecule has 64 valence electrons. The van der Waals surface area contributed by atoms with Crippen LogP contribution in [0.25, 0.3) is 0 Å². The molecule has 0 amide bonds. The number of aliphatic hydroxyl groups is 1. The zero-order valence-corrected chi connectivity index (χ0v) is 6.53. The van der Waals surface area contributed by atoms with Crippen LogP contribution in [0.4, 0.5) is 0 Å². The van der Waals surface area contributed by atoms with E-state index in [0.717, 1.165) is 0 Å². The van der Waals surface area contributed by atoms with Crippen LogP contribution in [-0.2, 0) is 6.61 Å². The highest BCUT2D eigenvalue weighted by Gasteiger charge is 2.09. The minimum Gasteiger partial charge on any atom is -0.462 e. The summed E-state index contributed by atoms with van der Waals surface area (Å²) in [6, 6.07) is 4.87. The van der Waals surface area contributed by atoms with Crippen LogP contribution in [0.5, 0.6) is 0 Å². The molecule has 0 spiro atoms. The second-order valence-electron chi connectivity index (χ2n) is 2.43. The van der Waals surface area contributed by atoms with Gasteiger partial charge in [0.1, 0.15) is 18.1 Å². The molecular weight excluding hydrogens is 156 g/mol. The summed E-state index contributed by atoms with van der Waals surface area (Å²) in [7, 11) is 0. The minimum absolute atomic E-state index is 0.140. The summed E-state index contributed by atoms with van der Waals surface area (Å²) in [5, 5.41) is 17.0. The molecule has 0 aliphatic rings. The lowest BCUT2D eigenvalue weighted by molar-refractivity contribution is 0.241. The Morgan fingerprint density at radius 1 is 1.67 bits per heavy atom. The van der Waals surface area contributed by atoms with Crippen molar-refractivity contribution in [1.29, 1.82) is 5.26 Å². The zero-order chi connectivity index (χ0) is 8.97. The van der Waals surface area contributed by atoms with Gasteiger partial charge in [0, 0.05) is 0 Å². The van der Waals surface area contributed by atoms with E-state index in [4.69, 9.17) is 20.5 Å². The Labute approximate surface area is 70.2 Å². The third kappa shape index (κ3) is 1.84. The molecule has 0 aromatic carbocycles. The number of nitrogens with two attached hydrogens (primary N) is 1. The van der Waals surface area contributed by atoms with Crippen molar-refractivity contribution in [2.45, 2.75) is 19.1 Å². The number of rotatable bonds is 3. The maximum Gasteiger partial charge on any atom is 0.129 e. The Balaban J connectivity index is 2.69. The van der Waals surface area contributed by atoms with E-state index in [1.807, 2.05) is 6.07 Å². The van der Waals surface area contributed by atoms with Crippen molar-refractivity contribution in [2.24, 2.45) is 5.73 Å². The van der Waals surface area contributed by atoms with E-state index in [1.165, 1.54) is 0 Å². The fourth-order valence-electron chi connectivity index (χ4n) is 0.878. The third-order valence-corrected chi connectivity index (χ3v) is 1.51. The Morgan fingerprint density at radius 2 is 2.42 bits per heavy atom. The summed E-state index contributed by atoms with van der Waals surface area (Å²) in [6.07, 6.45) is 0.221. The van der Waals surface area contributed by atoms with E-state index in [1.54, 1.807) is 12.1 Å². The van der Waals surface area contributed by atoms with Gasteiger partial charge in [-0.2, -0.15) is 5.26 Å². The van der Waals surface area contributed by atoms with E-state index in [9.17, 15) is 0 Å². The van der Waals surface area contributed by atoms with E-state index in [-0.39, 0.29) is 13.0 Å². The highest BCUT2D eigenvalue weighted by atomic mass is 16.4. The maximum absolute atomic E-state index is 8.66. The number of nitrogens with zero attached hydrogens (tertiary/aromatic N) is 1. The van der Waals surface area contributed by atoms with E-state index in [0.29, 0.717) is 11.5 Å². The number of aliphatic hydroxyl groups excluding tert-OH is 1. The van der Waals surface area contributed by atoms with Gasteiger partial charge in [-0.3, -0.25) is 0 Å². The molecular formula is C8H10N2O2. The van der Waals surface area contributed by atoms with Crippen LogP contribution < -0.4 is 5.73 Å². The molecule has 1 aromatic heterocycles. The molecule has 1 aromatic rings. The molecule has 0 saturated heterocycles. The topological polar surface area (TPSA) is 83.2 Å². The summed E-state index contributed by atoms with van der Waals surface area (Å²) in [5.74, 6) is 1.01. The summed E-state index contributed by atoms with van der Waals surface area (Å²) in [6.45, 7) is -0.140. The standard InChI is InChI=1S/C8H10N2O2/c9-4-3-7(10)8-2-1-6(5-11)12-8/h1-2,7,11H,3,5,10H2. The van der Waals surface area contributed by atoms with Crippen LogP contribution in [-0.4, -0.2) is 5.11 Å². The SMILES string of the molecule is N#CCC(N)c1ccc(CO)o1. The van der Waals surface area contributed by atoms with Gasteiger partial charge in [0.25, 0.3) is 0 Å². The Morgan fingerprint density at radius 3 is 2.92 bits per heavy atom. The smallest absolute Gasteiger partial charge is 0.129 e. The van der Waals surface area contributed by atoms with Crippen LogP contribution in [0.1, 0.15) is 24.0 Å². The van der Waals surface area contributed by atoms with E-state index < -0.39 is 6.04 Å². The van der Waals surface area contributed by atoms with Crippen LogP contribution in [0.3, 0.4) is 0 Å². The van der Waals surface area contributed by atoms with Crippen molar-refractivity contribution >= 4 is 0 Å². The van der Waals surface area contributed by atoms with Crippen LogP contribution >= 0.6 is 0 Å². The van der Waals surface area contributed by atoms with Gasteiger partial charge in [-0.1, -0.05) is 0 Å². The van der Waals surface area contributed by atoms with Gasteiger partial charge in [-0.25, -0.2) is 0 Å². The van der Waals surface area contributed by atoms with Gasteiger partial charge in [-0.15, -0.1) is 0 Å². The van der Waals surface area contributed by atoms with Gasteiger partial charge in [0.05, 0.1) is 18.5 Å². The number of furan rings is 1. The first-order valence-corrected chi connectivity index (χ1v) is 3.60. The fourth-order valence-corrected chi connectivity index (χ4v) is 0.878. The first-order chi connectivity index (χ1) is 5.77. The molecule has 3 N–H and O–H groups in total. The largest absolute Gasteiger partial charge is 0.462 e. The predicted molar refractivity (Wildman–Crippen MR) is 41.8 cm³/mol. The van der Waals surface area contributed by atoms with Crippen LogP contribution in [0, 0.1) is 11.3 Å². The second kappa shape index (κ2) is 3.90. The monoisotopic (exact) mass is 166 g/mol. The highest BCUT2D eigenvalue weighted by molar-refractivity contribution is 5.10. The molecule has 0 fully saturated rings. The number of hydrogen-bond acceptors (Lipinski definition) is 4. The van der Waals surface area contributed by atoms with E-state index in [2.05, 4.69) is 0 Å². The molecule has 0 aliphatic heterocycles. The molecule has 0 aliphatic carbocycles. The van der Waals surface area contributed by atoms with Crippen LogP contribution in [0.15, 0.2) is 16.5 Å². The summed E-state index contributed by atoms with van der Waals surface area (Å²) in [5.41, 5.74) is 5.58. The van der Waals surface area contributed by atoms with Crippen molar-refractivity contribution in [1.82, 2.24) is 0 Å². The average Bonchev–Trinajstić information content (AvgIpc) is 2.52. The number of nitriles is 1. The molecule has 4 nitrogen and oxygen atoms in total. The summed E-state index contributed by atoms with van der Waals surface area (Å²) >= 11 is 0. The van der Waals surface area contributed by atoms with Gasteiger partial charge in [-0.05, 0) is 12.1 Å². The molecule has 12 heavy (non-hydrogen) atoms. The third-order valence-electron chi connectivity index (χ3n) is 1.51. The van der Waals surface area contributed by atoms with Crippen molar-refractivity contribution < 1.29 is 9.52 Å². The molecule has 1 heterocycles. The van der Waals surface area contributed by atoms with Crippen LogP contribution in [0.2, 0.25) is 0 Å². The van der Waals surface area contributed by atoms with Gasteiger partial charge in [0.15, 0.2) is 0 Å². The van der Waals surface area contributed by atoms with Crippen molar-refractivity contribution in [2.75, 3.05) is 0 Å². The molecule has 4 heteroatoms. The zero-order valence-electron chi connectivity index (χ0n) is 6.53. The lowest BCUT2D eigenvalue weighted by atomic mass is 10.2. The van der Waals surface area contributed by atoms with Gasteiger partial charge < -0.3 is 15.3 Å². The Kier molecular flexibility index (Phi) is 2.86. The Hall–Kier alpha value is -1.31. The molecule has 1 rings (SSSR count). The Bertz CT molecular complexity index is 287. The first-order valence-electron chi connectivity index (χ1n) is 3.60. The molecule has 0 saturated carbocycles. The summed E-state index contributed by atoms with van der Waals surface area (Å²) in [4.78, 5) is 0. The van der Waals surface area contributed by atoms with E-state index >= 15 is 0 Å². The lowest BCUT2D eigenvalue weighted by Crippen LogP contribution is -2.07. The van der Waals surface area contributed by atoms with Crippen molar-refractivity contribution in [3.05, 3.63) is 23.7 Å². The van der Waals surface area contributed by atoms with Crippen molar-refractivity contribution in [3.63, 3.8) is 0 Å².